The fraction of sp³-hybridized carbons (Fsp3) is 0.400. The van der Waals surface area contributed by atoms with E-state index < -0.39 is 11.4 Å². The normalized spacial score (nSPS) is 13.7. The van der Waals surface area contributed by atoms with Crippen LogP contribution in [-0.4, -0.2) is 16.1 Å². The van der Waals surface area contributed by atoms with Gasteiger partial charge in [0.2, 0.25) is 0 Å². The van der Waals surface area contributed by atoms with Crippen LogP contribution in [0.5, 0.6) is 0 Å². The first kappa shape index (κ1) is 13.7. The lowest BCUT2D eigenvalue weighted by Gasteiger charge is -2.22. The summed E-state index contributed by atoms with van der Waals surface area (Å²) >= 11 is 0. The predicted molar refractivity (Wildman–Crippen MR) is 61.2 cm³/mol. The molecule has 0 aromatic carbocycles. The summed E-state index contributed by atoms with van der Waals surface area (Å²) in [6, 6.07) is 3.25. The number of halogens is 1. The molecule has 0 bridgehead atoms. The first-order chi connectivity index (χ1) is 6.50. The number of carbonyl (C=O) groups is 1. The molecule has 1 aromatic rings. The van der Waals surface area contributed by atoms with Gasteiger partial charge in [-0.2, -0.15) is 0 Å². The van der Waals surface area contributed by atoms with E-state index in [-0.39, 0.29) is 12.4 Å². The molecule has 0 saturated carbocycles. The van der Waals surface area contributed by atoms with E-state index in [4.69, 9.17) is 10.8 Å². The molecule has 1 heterocycles. The molecule has 0 aliphatic rings. The van der Waals surface area contributed by atoms with Crippen LogP contribution in [-0.2, 0) is 10.2 Å². The number of nitrogens with two attached hydrogens (primary N) is 1. The molecule has 1 rings (SSSR count). The number of aliphatic carboxylic acids is 1. The van der Waals surface area contributed by atoms with Crippen molar-refractivity contribution in [1.82, 2.24) is 4.98 Å². The Kier molecular flexibility index (Phi) is 4.55. The number of hydrogen-bond acceptors (Lipinski definition) is 3. The topological polar surface area (TPSA) is 76.2 Å². The van der Waals surface area contributed by atoms with Crippen molar-refractivity contribution >= 4 is 24.1 Å². The molecule has 0 spiro atoms. The quantitative estimate of drug-likeness (QED) is 0.831. The highest BCUT2D eigenvalue weighted by atomic mass is 35.5. The van der Waals surface area contributed by atoms with Gasteiger partial charge in [-0.05, 0) is 25.5 Å². The minimum atomic E-state index is -0.949. The molecule has 1 atom stereocenters. The molecule has 5 heteroatoms. The number of anilines is 1. The zero-order valence-corrected chi connectivity index (χ0v) is 9.54. The van der Waals surface area contributed by atoms with Gasteiger partial charge < -0.3 is 10.8 Å². The van der Waals surface area contributed by atoms with Gasteiger partial charge in [0.15, 0.2) is 0 Å². The van der Waals surface area contributed by atoms with Crippen molar-refractivity contribution < 1.29 is 9.90 Å². The van der Waals surface area contributed by atoms with E-state index in [1.165, 1.54) is 6.20 Å². The van der Waals surface area contributed by atoms with Crippen molar-refractivity contribution in [3.8, 4) is 0 Å². The first-order valence-electron chi connectivity index (χ1n) is 4.46. The summed E-state index contributed by atoms with van der Waals surface area (Å²) in [5.74, 6) is -0.877. The SMILES string of the molecule is CCC(C)(C(=O)O)c1cc(N)ccn1.Cl. The Bertz CT molecular complexity index is 357. The average Bonchev–Trinajstić information content (AvgIpc) is 2.16. The maximum Gasteiger partial charge on any atom is 0.315 e. The van der Waals surface area contributed by atoms with Crippen LogP contribution in [0.2, 0.25) is 0 Å². The highest BCUT2D eigenvalue weighted by molar-refractivity contribution is 5.85. The van der Waals surface area contributed by atoms with Gasteiger partial charge in [-0.1, -0.05) is 6.92 Å². The zero-order chi connectivity index (χ0) is 10.8. The number of aromatic nitrogens is 1. The molecule has 0 aliphatic heterocycles. The molecule has 0 saturated heterocycles. The monoisotopic (exact) mass is 230 g/mol. The number of carboxylic acids is 1. The summed E-state index contributed by atoms with van der Waals surface area (Å²) in [5, 5.41) is 9.10. The van der Waals surface area contributed by atoms with Crippen LogP contribution in [0.15, 0.2) is 18.3 Å². The smallest absolute Gasteiger partial charge is 0.315 e. The van der Waals surface area contributed by atoms with Crippen LogP contribution in [0.3, 0.4) is 0 Å². The Morgan fingerprint density at radius 1 is 1.67 bits per heavy atom. The number of rotatable bonds is 3. The Labute approximate surface area is 94.9 Å². The maximum atomic E-state index is 11.1. The summed E-state index contributed by atoms with van der Waals surface area (Å²) in [7, 11) is 0. The van der Waals surface area contributed by atoms with E-state index in [2.05, 4.69) is 4.98 Å². The summed E-state index contributed by atoms with van der Waals surface area (Å²) in [6.45, 7) is 3.47. The van der Waals surface area contributed by atoms with Crippen molar-refractivity contribution in [3.05, 3.63) is 24.0 Å². The van der Waals surface area contributed by atoms with E-state index in [9.17, 15) is 4.79 Å². The van der Waals surface area contributed by atoms with E-state index >= 15 is 0 Å². The molecule has 84 valence electrons. The van der Waals surface area contributed by atoms with Crippen LogP contribution in [0.1, 0.15) is 26.0 Å². The van der Waals surface area contributed by atoms with Crippen molar-refractivity contribution in [2.75, 3.05) is 5.73 Å². The highest BCUT2D eigenvalue weighted by Gasteiger charge is 2.34. The van der Waals surface area contributed by atoms with Crippen LogP contribution >= 0.6 is 12.4 Å². The second kappa shape index (κ2) is 4.98. The Hall–Kier alpha value is -1.29. The molecule has 1 aromatic heterocycles. The van der Waals surface area contributed by atoms with Crippen molar-refractivity contribution in [2.45, 2.75) is 25.7 Å². The molecule has 0 amide bonds. The van der Waals surface area contributed by atoms with Gasteiger partial charge >= 0.3 is 5.97 Å². The number of nitrogens with zero attached hydrogens (tertiary/aromatic N) is 1. The van der Waals surface area contributed by atoms with E-state index in [0.717, 1.165) is 0 Å². The summed E-state index contributed by atoms with van der Waals surface area (Å²) in [6.07, 6.45) is 2.01. The van der Waals surface area contributed by atoms with Gasteiger partial charge in [0, 0.05) is 11.9 Å². The molecular formula is C10H15ClN2O2. The minimum Gasteiger partial charge on any atom is -0.481 e. The summed E-state index contributed by atoms with van der Waals surface area (Å²) < 4.78 is 0. The number of carboxylic acid groups (broad SMARTS) is 1. The number of hydrogen-bond donors (Lipinski definition) is 2. The third-order valence-corrected chi connectivity index (χ3v) is 2.53. The molecule has 3 N–H and O–H groups in total. The molecule has 15 heavy (non-hydrogen) atoms. The third-order valence-electron chi connectivity index (χ3n) is 2.53. The van der Waals surface area contributed by atoms with Gasteiger partial charge in [-0.15, -0.1) is 12.4 Å². The highest BCUT2D eigenvalue weighted by Crippen LogP contribution is 2.26. The second-order valence-electron chi connectivity index (χ2n) is 3.47. The van der Waals surface area contributed by atoms with E-state index in [0.29, 0.717) is 17.8 Å². The lowest BCUT2D eigenvalue weighted by molar-refractivity contribution is -0.143. The fourth-order valence-electron chi connectivity index (χ4n) is 1.19. The average molecular weight is 231 g/mol. The van der Waals surface area contributed by atoms with Gasteiger partial charge in [-0.25, -0.2) is 0 Å². The Balaban J connectivity index is 0.00000196. The lowest BCUT2D eigenvalue weighted by atomic mass is 9.83. The van der Waals surface area contributed by atoms with Crippen LogP contribution in [0.25, 0.3) is 0 Å². The maximum absolute atomic E-state index is 11.1. The van der Waals surface area contributed by atoms with Crippen molar-refractivity contribution in [1.29, 1.82) is 0 Å². The van der Waals surface area contributed by atoms with Crippen LogP contribution in [0.4, 0.5) is 5.69 Å². The minimum absolute atomic E-state index is 0. The second-order valence-corrected chi connectivity index (χ2v) is 3.47. The summed E-state index contributed by atoms with van der Waals surface area (Å²) in [5.41, 5.74) is 5.67. The molecular weight excluding hydrogens is 216 g/mol. The van der Waals surface area contributed by atoms with Crippen molar-refractivity contribution in [2.24, 2.45) is 0 Å². The Morgan fingerprint density at radius 3 is 2.67 bits per heavy atom. The molecule has 0 fully saturated rings. The zero-order valence-electron chi connectivity index (χ0n) is 8.73. The van der Waals surface area contributed by atoms with Crippen LogP contribution < -0.4 is 5.73 Å². The molecule has 0 radical (unpaired) electrons. The third kappa shape index (κ3) is 2.59. The standard InChI is InChI=1S/C10H14N2O2.ClH/c1-3-10(2,9(13)14)8-6-7(11)4-5-12-8;/h4-6H,3H2,1-2H3,(H2,11,12)(H,13,14);1H. The summed E-state index contributed by atoms with van der Waals surface area (Å²) in [4.78, 5) is 15.1. The van der Waals surface area contributed by atoms with Gasteiger partial charge in [-0.3, -0.25) is 9.78 Å². The predicted octanol–water partition coefficient (Wildman–Crippen LogP) is 1.84. The molecule has 1 unspecified atom stereocenters. The van der Waals surface area contributed by atoms with Gasteiger partial charge in [0.25, 0.3) is 0 Å². The lowest BCUT2D eigenvalue weighted by Crippen LogP contribution is -2.32. The Morgan fingerprint density at radius 2 is 2.27 bits per heavy atom. The van der Waals surface area contributed by atoms with E-state index in [1.807, 2.05) is 6.92 Å². The van der Waals surface area contributed by atoms with Gasteiger partial charge in [0.05, 0.1) is 5.69 Å². The molecule has 0 aliphatic carbocycles. The van der Waals surface area contributed by atoms with E-state index in [1.54, 1.807) is 19.1 Å². The fourth-order valence-corrected chi connectivity index (χ4v) is 1.19. The number of nitrogen functional groups attached to an aromatic ring is 1. The van der Waals surface area contributed by atoms with Gasteiger partial charge in [0.1, 0.15) is 5.41 Å². The number of pyridine rings is 1. The van der Waals surface area contributed by atoms with Crippen LogP contribution in [0, 0.1) is 0 Å². The van der Waals surface area contributed by atoms with Crippen molar-refractivity contribution in [3.63, 3.8) is 0 Å². The first-order valence-corrected chi connectivity index (χ1v) is 4.46. The molecule has 4 nitrogen and oxygen atoms in total. The largest absolute Gasteiger partial charge is 0.481 e.